The van der Waals surface area contributed by atoms with Gasteiger partial charge in [0.05, 0.1) is 13.7 Å². The first-order chi connectivity index (χ1) is 5.73. The van der Waals surface area contributed by atoms with Gasteiger partial charge < -0.3 is 10.0 Å². The molecule has 0 aliphatic carbocycles. The van der Waals surface area contributed by atoms with E-state index in [1.165, 1.54) is 6.17 Å². The smallest absolute Gasteiger partial charge is 0.0922 e. The van der Waals surface area contributed by atoms with E-state index in [1.807, 2.05) is 0 Å². The first kappa shape index (κ1) is 11.2. The Morgan fingerprint density at radius 2 is 1.77 bits per heavy atom. The van der Waals surface area contributed by atoms with Crippen molar-refractivity contribution >= 4 is 8.07 Å². The Labute approximate surface area is 83.0 Å². The van der Waals surface area contributed by atoms with Gasteiger partial charge in [0.25, 0.3) is 0 Å². The standard InChI is InChI=1S/C10H23NOSi/c1-9(2)10(12)6-11(7-10)8-13(3,4)5/h9,12H,6-8H2,1-5H3. The molecule has 1 rings (SSSR count). The second-order valence-electron chi connectivity index (χ2n) is 5.96. The third kappa shape index (κ3) is 2.79. The van der Waals surface area contributed by atoms with Gasteiger partial charge in [0, 0.05) is 13.1 Å². The van der Waals surface area contributed by atoms with Gasteiger partial charge in [0.2, 0.25) is 0 Å². The Bertz CT molecular complexity index is 180. The van der Waals surface area contributed by atoms with Crippen molar-refractivity contribution in [1.29, 1.82) is 0 Å². The van der Waals surface area contributed by atoms with Crippen molar-refractivity contribution in [1.82, 2.24) is 4.90 Å². The molecule has 13 heavy (non-hydrogen) atoms. The predicted octanol–water partition coefficient (Wildman–Crippen LogP) is 1.57. The highest BCUT2D eigenvalue weighted by Crippen LogP contribution is 2.29. The zero-order valence-corrected chi connectivity index (χ0v) is 10.6. The summed E-state index contributed by atoms with van der Waals surface area (Å²) < 4.78 is 0. The average Bonchev–Trinajstić information content (AvgIpc) is 1.79. The van der Waals surface area contributed by atoms with Crippen molar-refractivity contribution in [2.45, 2.75) is 39.1 Å². The minimum absolute atomic E-state index is 0.389. The van der Waals surface area contributed by atoms with Crippen molar-refractivity contribution < 1.29 is 5.11 Å². The van der Waals surface area contributed by atoms with E-state index in [2.05, 4.69) is 38.4 Å². The van der Waals surface area contributed by atoms with Crippen LogP contribution in [0.1, 0.15) is 13.8 Å². The molecular formula is C10H23NOSi. The maximum absolute atomic E-state index is 10.0. The summed E-state index contributed by atoms with van der Waals surface area (Å²) in [7, 11) is -0.973. The maximum Gasteiger partial charge on any atom is 0.0922 e. The molecule has 1 fully saturated rings. The van der Waals surface area contributed by atoms with Crippen LogP contribution >= 0.6 is 0 Å². The minimum Gasteiger partial charge on any atom is -0.387 e. The molecule has 1 aliphatic rings. The number of nitrogens with zero attached hydrogens (tertiary/aromatic N) is 1. The number of likely N-dealkylation sites (tertiary alicyclic amines) is 1. The molecule has 1 saturated heterocycles. The monoisotopic (exact) mass is 201 g/mol. The van der Waals surface area contributed by atoms with Gasteiger partial charge >= 0.3 is 0 Å². The van der Waals surface area contributed by atoms with E-state index in [9.17, 15) is 5.11 Å². The van der Waals surface area contributed by atoms with Crippen LogP contribution in [-0.2, 0) is 0 Å². The normalized spacial score (nSPS) is 23.3. The Kier molecular flexibility index (Phi) is 2.91. The predicted molar refractivity (Wildman–Crippen MR) is 59.6 cm³/mol. The van der Waals surface area contributed by atoms with E-state index < -0.39 is 8.07 Å². The lowest BCUT2D eigenvalue weighted by Crippen LogP contribution is -2.66. The van der Waals surface area contributed by atoms with E-state index in [1.54, 1.807) is 0 Å². The van der Waals surface area contributed by atoms with Crippen LogP contribution in [0.5, 0.6) is 0 Å². The van der Waals surface area contributed by atoms with Crippen LogP contribution in [0.15, 0.2) is 0 Å². The third-order valence-corrected chi connectivity index (χ3v) is 4.16. The van der Waals surface area contributed by atoms with E-state index in [4.69, 9.17) is 0 Å². The fourth-order valence-electron chi connectivity index (χ4n) is 1.88. The fraction of sp³-hybridized carbons (Fsp3) is 1.00. The first-order valence-electron chi connectivity index (χ1n) is 5.18. The quantitative estimate of drug-likeness (QED) is 0.701. The van der Waals surface area contributed by atoms with Crippen LogP contribution in [0, 0.1) is 5.92 Å². The van der Waals surface area contributed by atoms with Crippen molar-refractivity contribution in [3.63, 3.8) is 0 Å². The second kappa shape index (κ2) is 3.37. The Morgan fingerprint density at radius 1 is 1.31 bits per heavy atom. The molecule has 0 aromatic carbocycles. The lowest BCUT2D eigenvalue weighted by Gasteiger charge is -2.50. The molecule has 0 spiro atoms. The summed E-state index contributed by atoms with van der Waals surface area (Å²) in [6.45, 7) is 13.1. The molecule has 0 atom stereocenters. The molecule has 0 aromatic rings. The highest BCUT2D eigenvalue weighted by Gasteiger charge is 2.44. The summed E-state index contributed by atoms with van der Waals surface area (Å²) in [4.78, 5) is 2.40. The van der Waals surface area contributed by atoms with Gasteiger partial charge in [-0.2, -0.15) is 0 Å². The minimum atomic E-state index is -0.973. The lowest BCUT2D eigenvalue weighted by atomic mass is 9.83. The SMILES string of the molecule is CC(C)C1(O)CN(C[Si](C)(C)C)C1. The first-order valence-corrected chi connectivity index (χ1v) is 8.88. The van der Waals surface area contributed by atoms with Crippen LogP contribution in [0.3, 0.4) is 0 Å². The molecule has 0 radical (unpaired) electrons. The zero-order valence-electron chi connectivity index (χ0n) is 9.59. The molecule has 0 aromatic heterocycles. The van der Waals surface area contributed by atoms with E-state index in [-0.39, 0.29) is 5.60 Å². The molecule has 0 bridgehead atoms. The summed E-state index contributed by atoms with van der Waals surface area (Å²) in [5.41, 5.74) is -0.389. The van der Waals surface area contributed by atoms with Crippen LogP contribution < -0.4 is 0 Å². The van der Waals surface area contributed by atoms with Gasteiger partial charge in [-0.25, -0.2) is 0 Å². The van der Waals surface area contributed by atoms with Crippen LogP contribution in [0.4, 0.5) is 0 Å². The van der Waals surface area contributed by atoms with Crippen molar-refractivity contribution in [3.8, 4) is 0 Å². The van der Waals surface area contributed by atoms with Gasteiger partial charge in [-0.1, -0.05) is 33.5 Å². The maximum atomic E-state index is 10.0. The van der Waals surface area contributed by atoms with Crippen LogP contribution in [0.25, 0.3) is 0 Å². The van der Waals surface area contributed by atoms with Gasteiger partial charge in [-0.15, -0.1) is 0 Å². The number of hydrogen-bond donors (Lipinski definition) is 1. The van der Waals surface area contributed by atoms with Crippen molar-refractivity contribution in [2.75, 3.05) is 19.3 Å². The molecule has 3 heteroatoms. The highest BCUT2D eigenvalue weighted by atomic mass is 28.3. The molecule has 1 aliphatic heterocycles. The van der Waals surface area contributed by atoms with Crippen LogP contribution in [0.2, 0.25) is 19.6 Å². The largest absolute Gasteiger partial charge is 0.387 e. The van der Waals surface area contributed by atoms with Gasteiger partial charge in [0.15, 0.2) is 0 Å². The highest BCUT2D eigenvalue weighted by molar-refractivity contribution is 6.76. The van der Waals surface area contributed by atoms with Crippen LogP contribution in [-0.4, -0.2) is 42.9 Å². The average molecular weight is 201 g/mol. The second-order valence-corrected chi connectivity index (χ2v) is 11.4. The number of aliphatic hydroxyl groups is 1. The number of hydrogen-bond acceptors (Lipinski definition) is 2. The molecule has 1 heterocycles. The van der Waals surface area contributed by atoms with Gasteiger partial charge in [-0.05, 0) is 12.1 Å². The summed E-state index contributed by atoms with van der Waals surface area (Å²) in [5, 5.41) is 10.0. The van der Waals surface area contributed by atoms with E-state index >= 15 is 0 Å². The molecule has 2 nitrogen and oxygen atoms in total. The summed E-state index contributed by atoms with van der Waals surface area (Å²) in [6, 6.07) is 0. The Balaban J connectivity index is 2.33. The number of β-amino-alcohol motifs (C(OH)–C–C–N with tert-alkyl or cyclic N) is 1. The zero-order chi connectivity index (χ0) is 10.3. The van der Waals surface area contributed by atoms with Crippen molar-refractivity contribution in [3.05, 3.63) is 0 Å². The molecule has 1 N–H and O–H groups in total. The van der Waals surface area contributed by atoms with Crippen molar-refractivity contribution in [2.24, 2.45) is 5.92 Å². The Morgan fingerprint density at radius 3 is 2.08 bits per heavy atom. The summed E-state index contributed by atoms with van der Waals surface area (Å²) in [5.74, 6) is 0.394. The lowest BCUT2D eigenvalue weighted by molar-refractivity contribution is -0.121. The number of rotatable bonds is 3. The molecule has 0 amide bonds. The van der Waals surface area contributed by atoms with Gasteiger partial charge in [-0.3, -0.25) is 0 Å². The van der Waals surface area contributed by atoms with E-state index in [0.29, 0.717) is 5.92 Å². The summed E-state index contributed by atoms with van der Waals surface area (Å²) >= 11 is 0. The Hall–Kier alpha value is 0.137. The summed E-state index contributed by atoms with van der Waals surface area (Å²) in [6.07, 6.45) is 1.22. The molecule has 78 valence electrons. The third-order valence-electron chi connectivity index (χ3n) is 2.77. The molecule has 0 saturated carbocycles. The topological polar surface area (TPSA) is 23.5 Å². The van der Waals surface area contributed by atoms with Gasteiger partial charge in [0.1, 0.15) is 0 Å². The molecule has 0 unspecified atom stereocenters. The van der Waals surface area contributed by atoms with E-state index in [0.717, 1.165) is 13.1 Å². The molecular weight excluding hydrogens is 178 g/mol. The fourth-order valence-corrected chi connectivity index (χ4v) is 3.44.